The Labute approximate surface area is 130 Å². The van der Waals surface area contributed by atoms with E-state index in [9.17, 15) is 9.18 Å². The Kier molecular flexibility index (Phi) is 4.01. The summed E-state index contributed by atoms with van der Waals surface area (Å²) >= 11 is 3.14. The van der Waals surface area contributed by atoms with E-state index in [0.717, 1.165) is 17.5 Å². The third kappa shape index (κ3) is 3.47. The number of carbonyl (C=O) groups is 1. The summed E-state index contributed by atoms with van der Waals surface area (Å²) in [6, 6.07) is 8.90. The molecule has 108 valence electrons. The highest BCUT2D eigenvalue weighted by atomic mass is 79.9. The number of benzene rings is 1. The molecule has 0 spiro atoms. The van der Waals surface area contributed by atoms with Gasteiger partial charge in [-0.25, -0.2) is 4.39 Å². The molecule has 2 atom stereocenters. The predicted octanol–water partition coefficient (Wildman–Crippen LogP) is 3.20. The Morgan fingerprint density at radius 2 is 2.10 bits per heavy atom. The van der Waals surface area contributed by atoms with Crippen molar-refractivity contribution in [1.29, 1.82) is 0 Å². The van der Waals surface area contributed by atoms with Crippen molar-refractivity contribution in [3.8, 4) is 0 Å². The fraction of sp³-hybridized carbons (Fsp3) is 0.250. The highest BCUT2D eigenvalue weighted by Crippen LogP contribution is 2.41. The van der Waals surface area contributed by atoms with E-state index in [4.69, 9.17) is 0 Å². The SMILES string of the molecule is O=C(Cc1ccncc1)N[C@@H]1C[C@H]1c1ccc(Br)c(F)c1. The summed E-state index contributed by atoms with van der Waals surface area (Å²) in [7, 11) is 0. The molecule has 0 radical (unpaired) electrons. The molecule has 5 heteroatoms. The molecule has 1 N–H and O–H groups in total. The van der Waals surface area contributed by atoms with E-state index in [2.05, 4.69) is 26.2 Å². The van der Waals surface area contributed by atoms with Crippen molar-refractivity contribution in [3.63, 3.8) is 0 Å². The van der Waals surface area contributed by atoms with E-state index in [-0.39, 0.29) is 23.7 Å². The molecule has 0 unspecified atom stereocenters. The summed E-state index contributed by atoms with van der Waals surface area (Å²) < 4.78 is 14.0. The van der Waals surface area contributed by atoms with Crippen LogP contribution < -0.4 is 5.32 Å². The first-order chi connectivity index (χ1) is 10.1. The van der Waals surface area contributed by atoms with E-state index in [0.29, 0.717) is 10.9 Å². The number of aromatic nitrogens is 1. The fourth-order valence-electron chi connectivity index (χ4n) is 2.41. The number of pyridine rings is 1. The van der Waals surface area contributed by atoms with Gasteiger partial charge in [-0.15, -0.1) is 0 Å². The molecule has 1 heterocycles. The summed E-state index contributed by atoms with van der Waals surface area (Å²) in [6.45, 7) is 0. The lowest BCUT2D eigenvalue weighted by Gasteiger charge is -2.05. The molecule has 1 aromatic heterocycles. The molecule has 3 nitrogen and oxygen atoms in total. The Morgan fingerprint density at radius 1 is 1.33 bits per heavy atom. The normalized spacial score (nSPS) is 20.1. The molecule has 1 fully saturated rings. The summed E-state index contributed by atoms with van der Waals surface area (Å²) in [6.07, 6.45) is 4.56. The van der Waals surface area contributed by atoms with Crippen molar-refractivity contribution in [2.75, 3.05) is 0 Å². The van der Waals surface area contributed by atoms with Crippen LogP contribution in [0.25, 0.3) is 0 Å². The molecule has 2 aromatic rings. The van der Waals surface area contributed by atoms with Crippen molar-refractivity contribution < 1.29 is 9.18 Å². The van der Waals surface area contributed by atoms with Gasteiger partial charge in [0.15, 0.2) is 0 Å². The van der Waals surface area contributed by atoms with E-state index in [1.807, 2.05) is 18.2 Å². The van der Waals surface area contributed by atoms with Gasteiger partial charge < -0.3 is 5.32 Å². The molecule has 1 saturated carbocycles. The standard InChI is InChI=1S/C16H14BrFN2O/c17-13-2-1-11(8-14(13)18)12-9-15(12)20-16(21)7-10-3-5-19-6-4-10/h1-6,8,12,15H,7,9H2,(H,20,21)/t12-,15+/m0/s1. The topological polar surface area (TPSA) is 42.0 Å². The maximum absolute atomic E-state index is 13.5. The zero-order chi connectivity index (χ0) is 14.8. The van der Waals surface area contributed by atoms with Crippen LogP contribution >= 0.6 is 15.9 Å². The molecular weight excluding hydrogens is 335 g/mol. The number of hydrogen-bond acceptors (Lipinski definition) is 2. The van der Waals surface area contributed by atoms with Gasteiger partial charge in [-0.05, 0) is 57.7 Å². The molecule has 0 saturated heterocycles. The number of halogens is 2. The van der Waals surface area contributed by atoms with Crippen LogP contribution in [-0.4, -0.2) is 16.9 Å². The minimum absolute atomic E-state index is 0.00807. The van der Waals surface area contributed by atoms with Gasteiger partial charge in [0, 0.05) is 24.4 Å². The van der Waals surface area contributed by atoms with Crippen molar-refractivity contribution >= 4 is 21.8 Å². The Hall–Kier alpha value is -1.75. The Bertz CT molecular complexity index is 663. The van der Waals surface area contributed by atoms with Crippen molar-refractivity contribution in [2.24, 2.45) is 0 Å². The second kappa shape index (κ2) is 5.93. The number of rotatable bonds is 4. The van der Waals surface area contributed by atoms with Crippen LogP contribution in [0.4, 0.5) is 4.39 Å². The monoisotopic (exact) mass is 348 g/mol. The molecule has 0 bridgehead atoms. The first-order valence-electron chi connectivity index (χ1n) is 6.76. The summed E-state index contributed by atoms with van der Waals surface area (Å²) in [5.41, 5.74) is 1.87. The number of nitrogens with one attached hydrogen (secondary N) is 1. The molecule has 1 aromatic carbocycles. The smallest absolute Gasteiger partial charge is 0.224 e. The van der Waals surface area contributed by atoms with E-state index >= 15 is 0 Å². The van der Waals surface area contributed by atoms with Gasteiger partial charge in [-0.3, -0.25) is 9.78 Å². The third-order valence-corrected chi connectivity index (χ3v) is 4.27. The van der Waals surface area contributed by atoms with Gasteiger partial charge in [-0.1, -0.05) is 6.07 Å². The summed E-state index contributed by atoms with van der Waals surface area (Å²) in [5, 5.41) is 2.99. The Balaban J connectivity index is 1.56. The van der Waals surface area contributed by atoms with E-state index in [1.54, 1.807) is 18.5 Å². The third-order valence-electron chi connectivity index (χ3n) is 3.62. The minimum atomic E-state index is -0.263. The zero-order valence-electron chi connectivity index (χ0n) is 11.2. The van der Waals surface area contributed by atoms with Crippen LogP contribution in [0.5, 0.6) is 0 Å². The van der Waals surface area contributed by atoms with Crippen molar-refractivity contribution in [3.05, 3.63) is 64.1 Å². The first-order valence-corrected chi connectivity index (χ1v) is 7.56. The van der Waals surface area contributed by atoms with E-state index in [1.165, 1.54) is 6.07 Å². The molecule has 0 aliphatic heterocycles. The van der Waals surface area contributed by atoms with E-state index < -0.39 is 0 Å². The number of nitrogens with zero attached hydrogens (tertiary/aromatic N) is 1. The minimum Gasteiger partial charge on any atom is -0.352 e. The lowest BCUT2D eigenvalue weighted by Crippen LogP contribution is -2.28. The van der Waals surface area contributed by atoms with Gasteiger partial charge >= 0.3 is 0 Å². The van der Waals surface area contributed by atoms with Gasteiger partial charge in [-0.2, -0.15) is 0 Å². The zero-order valence-corrected chi connectivity index (χ0v) is 12.8. The molecule has 1 amide bonds. The lowest BCUT2D eigenvalue weighted by molar-refractivity contribution is -0.120. The largest absolute Gasteiger partial charge is 0.352 e. The quantitative estimate of drug-likeness (QED) is 0.921. The maximum Gasteiger partial charge on any atom is 0.224 e. The van der Waals surface area contributed by atoms with Gasteiger partial charge in [0.1, 0.15) is 5.82 Å². The van der Waals surface area contributed by atoms with Gasteiger partial charge in [0.05, 0.1) is 10.9 Å². The van der Waals surface area contributed by atoms with Crippen LogP contribution in [0, 0.1) is 5.82 Å². The average molecular weight is 349 g/mol. The fourth-order valence-corrected chi connectivity index (χ4v) is 2.66. The summed E-state index contributed by atoms with van der Waals surface area (Å²) in [5.74, 6) is -0.0541. The van der Waals surface area contributed by atoms with Crippen molar-refractivity contribution in [1.82, 2.24) is 10.3 Å². The van der Waals surface area contributed by atoms with Gasteiger partial charge in [0.25, 0.3) is 0 Å². The maximum atomic E-state index is 13.5. The predicted molar refractivity (Wildman–Crippen MR) is 81.3 cm³/mol. The average Bonchev–Trinajstić information content (AvgIpc) is 3.22. The molecule has 21 heavy (non-hydrogen) atoms. The lowest BCUT2D eigenvalue weighted by atomic mass is 10.1. The molecule has 1 aliphatic rings. The second-order valence-corrected chi connectivity index (χ2v) is 6.08. The van der Waals surface area contributed by atoms with Crippen LogP contribution in [0.15, 0.2) is 47.2 Å². The highest BCUT2D eigenvalue weighted by molar-refractivity contribution is 9.10. The number of amides is 1. The number of carbonyl (C=O) groups excluding carboxylic acids is 1. The molecular formula is C16H14BrFN2O. The molecule has 1 aliphatic carbocycles. The highest BCUT2D eigenvalue weighted by Gasteiger charge is 2.39. The van der Waals surface area contributed by atoms with Crippen LogP contribution in [-0.2, 0) is 11.2 Å². The van der Waals surface area contributed by atoms with Crippen molar-refractivity contribution in [2.45, 2.75) is 24.8 Å². The van der Waals surface area contributed by atoms with Crippen LogP contribution in [0.1, 0.15) is 23.5 Å². The van der Waals surface area contributed by atoms with Gasteiger partial charge in [0.2, 0.25) is 5.91 Å². The summed E-state index contributed by atoms with van der Waals surface area (Å²) in [4.78, 5) is 15.9. The van der Waals surface area contributed by atoms with Crippen LogP contribution in [0.3, 0.4) is 0 Å². The molecule has 3 rings (SSSR count). The second-order valence-electron chi connectivity index (χ2n) is 5.22. The first kappa shape index (κ1) is 14.2. The van der Waals surface area contributed by atoms with Crippen LogP contribution in [0.2, 0.25) is 0 Å². The Morgan fingerprint density at radius 3 is 2.81 bits per heavy atom. The number of hydrogen-bond donors (Lipinski definition) is 1.